The van der Waals surface area contributed by atoms with Gasteiger partial charge in [-0.1, -0.05) is 30.3 Å². The summed E-state index contributed by atoms with van der Waals surface area (Å²) in [5.74, 6) is 0.601. The number of hydrogen-bond donors (Lipinski definition) is 1. The van der Waals surface area contributed by atoms with Gasteiger partial charge in [0, 0.05) is 25.5 Å². The number of anilines is 1. The van der Waals surface area contributed by atoms with Gasteiger partial charge in [-0.2, -0.15) is 0 Å². The molecule has 0 aliphatic carbocycles. The second-order valence-electron chi connectivity index (χ2n) is 3.96. The molecule has 0 fully saturated rings. The van der Waals surface area contributed by atoms with E-state index in [-0.39, 0.29) is 6.10 Å². The zero-order valence-electron chi connectivity index (χ0n) is 10.7. The normalized spacial score (nSPS) is 12.1. The Morgan fingerprint density at radius 3 is 2.53 bits per heavy atom. The number of aromatic nitrogens is 2. The monoisotopic (exact) mass is 321 g/mol. The zero-order chi connectivity index (χ0) is 13.5. The lowest BCUT2D eigenvalue weighted by atomic mass is 10.1. The van der Waals surface area contributed by atoms with Crippen LogP contribution in [-0.4, -0.2) is 23.1 Å². The molecule has 1 atom stereocenters. The standard InChI is InChI=1S/C14H16BrN3O/c1-2-19-13(11-6-4-3-5-7-11)10-18-14-16-8-12(15)9-17-14/h3-9,13H,2,10H2,1H3,(H,16,17,18). The Kier molecular flexibility index (Phi) is 5.30. The quantitative estimate of drug-likeness (QED) is 0.885. The molecule has 2 aromatic rings. The predicted molar refractivity (Wildman–Crippen MR) is 79.0 cm³/mol. The van der Waals surface area contributed by atoms with E-state index in [4.69, 9.17) is 4.74 Å². The SMILES string of the molecule is CCOC(CNc1ncc(Br)cn1)c1ccccc1. The fraction of sp³-hybridized carbons (Fsp3) is 0.286. The predicted octanol–water partition coefficient (Wildman–Crippen LogP) is 3.43. The molecule has 5 heteroatoms. The summed E-state index contributed by atoms with van der Waals surface area (Å²) in [5.41, 5.74) is 1.15. The third-order valence-electron chi connectivity index (χ3n) is 2.61. The van der Waals surface area contributed by atoms with Crippen LogP contribution in [0.2, 0.25) is 0 Å². The van der Waals surface area contributed by atoms with Crippen LogP contribution in [0.3, 0.4) is 0 Å². The van der Waals surface area contributed by atoms with E-state index in [1.54, 1.807) is 12.4 Å². The second kappa shape index (κ2) is 7.21. The van der Waals surface area contributed by atoms with Crippen LogP contribution in [0.5, 0.6) is 0 Å². The van der Waals surface area contributed by atoms with E-state index in [2.05, 4.69) is 43.3 Å². The lowest BCUT2D eigenvalue weighted by Crippen LogP contribution is -2.17. The van der Waals surface area contributed by atoms with Gasteiger partial charge in [0.1, 0.15) is 0 Å². The van der Waals surface area contributed by atoms with E-state index in [1.807, 2.05) is 25.1 Å². The highest BCUT2D eigenvalue weighted by Gasteiger charge is 2.11. The Hall–Kier alpha value is -1.46. The second-order valence-corrected chi connectivity index (χ2v) is 4.88. The number of nitrogens with one attached hydrogen (secondary N) is 1. The molecule has 1 aromatic heterocycles. The molecule has 0 bridgehead atoms. The lowest BCUT2D eigenvalue weighted by Gasteiger charge is -2.18. The van der Waals surface area contributed by atoms with Crippen LogP contribution in [0.1, 0.15) is 18.6 Å². The Morgan fingerprint density at radius 2 is 1.89 bits per heavy atom. The maximum absolute atomic E-state index is 5.75. The molecule has 1 N–H and O–H groups in total. The Bertz CT molecular complexity index is 490. The van der Waals surface area contributed by atoms with Crippen molar-refractivity contribution >= 4 is 21.9 Å². The van der Waals surface area contributed by atoms with E-state index in [1.165, 1.54) is 0 Å². The van der Waals surface area contributed by atoms with Crippen LogP contribution in [0.4, 0.5) is 5.95 Å². The van der Waals surface area contributed by atoms with Gasteiger partial charge in [-0.25, -0.2) is 9.97 Å². The molecule has 0 saturated carbocycles. The summed E-state index contributed by atoms with van der Waals surface area (Å²) < 4.78 is 6.61. The van der Waals surface area contributed by atoms with Gasteiger partial charge in [-0.15, -0.1) is 0 Å². The highest BCUT2D eigenvalue weighted by molar-refractivity contribution is 9.10. The van der Waals surface area contributed by atoms with Gasteiger partial charge in [0.25, 0.3) is 0 Å². The van der Waals surface area contributed by atoms with Crippen molar-refractivity contribution in [1.82, 2.24) is 9.97 Å². The highest BCUT2D eigenvalue weighted by Crippen LogP contribution is 2.17. The van der Waals surface area contributed by atoms with Crippen LogP contribution >= 0.6 is 15.9 Å². The molecular weight excluding hydrogens is 306 g/mol. The maximum Gasteiger partial charge on any atom is 0.222 e. The van der Waals surface area contributed by atoms with Gasteiger partial charge in [0.05, 0.1) is 10.6 Å². The third kappa shape index (κ3) is 4.29. The van der Waals surface area contributed by atoms with E-state index >= 15 is 0 Å². The summed E-state index contributed by atoms with van der Waals surface area (Å²) in [4.78, 5) is 8.36. The van der Waals surface area contributed by atoms with Crippen LogP contribution in [0.25, 0.3) is 0 Å². The molecule has 19 heavy (non-hydrogen) atoms. The molecule has 1 heterocycles. The number of hydrogen-bond acceptors (Lipinski definition) is 4. The van der Waals surface area contributed by atoms with Crippen molar-refractivity contribution in [3.05, 3.63) is 52.8 Å². The molecule has 1 aromatic carbocycles. The Balaban J connectivity index is 1.99. The van der Waals surface area contributed by atoms with Gasteiger partial charge in [-0.05, 0) is 28.4 Å². The number of benzene rings is 1. The Morgan fingerprint density at radius 1 is 1.21 bits per heavy atom. The average Bonchev–Trinajstić information content (AvgIpc) is 2.46. The fourth-order valence-electron chi connectivity index (χ4n) is 1.73. The third-order valence-corrected chi connectivity index (χ3v) is 3.01. The van der Waals surface area contributed by atoms with E-state index in [0.717, 1.165) is 10.0 Å². The average molecular weight is 322 g/mol. The first-order valence-corrected chi connectivity index (χ1v) is 6.97. The van der Waals surface area contributed by atoms with Crippen molar-refractivity contribution in [2.24, 2.45) is 0 Å². The first-order chi connectivity index (χ1) is 9.29. The van der Waals surface area contributed by atoms with Gasteiger partial charge in [0.2, 0.25) is 5.95 Å². The van der Waals surface area contributed by atoms with Gasteiger partial charge in [0.15, 0.2) is 0 Å². The minimum atomic E-state index is -0.00144. The fourth-order valence-corrected chi connectivity index (χ4v) is 1.93. The molecule has 0 radical (unpaired) electrons. The molecular formula is C14H16BrN3O. The Labute approximate surface area is 121 Å². The lowest BCUT2D eigenvalue weighted by molar-refractivity contribution is 0.0718. The summed E-state index contributed by atoms with van der Waals surface area (Å²) in [7, 11) is 0. The summed E-state index contributed by atoms with van der Waals surface area (Å²) in [6.07, 6.45) is 3.43. The van der Waals surface area contributed by atoms with Crippen molar-refractivity contribution in [3.63, 3.8) is 0 Å². The number of nitrogens with zero attached hydrogens (tertiary/aromatic N) is 2. The number of rotatable bonds is 6. The molecule has 1 unspecified atom stereocenters. The number of halogens is 1. The van der Waals surface area contributed by atoms with Crippen LogP contribution < -0.4 is 5.32 Å². The largest absolute Gasteiger partial charge is 0.372 e. The maximum atomic E-state index is 5.75. The summed E-state index contributed by atoms with van der Waals surface area (Å²) >= 11 is 3.31. The van der Waals surface area contributed by atoms with Crippen molar-refractivity contribution in [2.45, 2.75) is 13.0 Å². The summed E-state index contributed by atoms with van der Waals surface area (Å²) in [6, 6.07) is 10.1. The van der Waals surface area contributed by atoms with Gasteiger partial charge in [-0.3, -0.25) is 0 Å². The summed E-state index contributed by atoms with van der Waals surface area (Å²) in [5, 5.41) is 3.19. The molecule has 0 aliphatic rings. The van der Waals surface area contributed by atoms with E-state index in [0.29, 0.717) is 19.1 Å². The summed E-state index contributed by atoms with van der Waals surface area (Å²) in [6.45, 7) is 3.30. The first kappa shape index (κ1) is 14.0. The molecule has 4 nitrogen and oxygen atoms in total. The minimum Gasteiger partial charge on any atom is -0.372 e. The molecule has 0 amide bonds. The zero-order valence-corrected chi connectivity index (χ0v) is 12.3. The molecule has 0 spiro atoms. The van der Waals surface area contributed by atoms with Crippen molar-refractivity contribution in [1.29, 1.82) is 0 Å². The molecule has 0 aliphatic heterocycles. The van der Waals surface area contributed by atoms with Crippen LogP contribution in [0, 0.1) is 0 Å². The first-order valence-electron chi connectivity index (χ1n) is 6.17. The molecule has 2 rings (SSSR count). The topological polar surface area (TPSA) is 47.0 Å². The van der Waals surface area contributed by atoms with Gasteiger partial charge < -0.3 is 10.1 Å². The van der Waals surface area contributed by atoms with E-state index < -0.39 is 0 Å². The van der Waals surface area contributed by atoms with Crippen molar-refractivity contribution < 1.29 is 4.74 Å². The van der Waals surface area contributed by atoms with Crippen molar-refractivity contribution in [3.8, 4) is 0 Å². The smallest absolute Gasteiger partial charge is 0.222 e. The number of ether oxygens (including phenoxy) is 1. The molecule has 0 saturated heterocycles. The van der Waals surface area contributed by atoms with Gasteiger partial charge >= 0.3 is 0 Å². The minimum absolute atomic E-state index is 0.00144. The van der Waals surface area contributed by atoms with Crippen LogP contribution in [0.15, 0.2) is 47.2 Å². The highest BCUT2D eigenvalue weighted by atomic mass is 79.9. The van der Waals surface area contributed by atoms with E-state index in [9.17, 15) is 0 Å². The molecule has 100 valence electrons. The van der Waals surface area contributed by atoms with Crippen LogP contribution in [-0.2, 0) is 4.74 Å². The van der Waals surface area contributed by atoms with Crippen molar-refractivity contribution in [2.75, 3.05) is 18.5 Å².